The standard InChI is InChI=1S/C10H6FN3O2/c11-8-5-9(14(15)16)10(13-6-8)7-1-3-12-4-2-7/h1-6H. The van der Waals surface area contributed by atoms with E-state index in [0.717, 1.165) is 12.3 Å². The van der Waals surface area contributed by atoms with Gasteiger partial charge in [0.1, 0.15) is 11.5 Å². The fourth-order valence-electron chi connectivity index (χ4n) is 1.30. The maximum atomic E-state index is 12.8. The maximum Gasteiger partial charge on any atom is 0.298 e. The van der Waals surface area contributed by atoms with Crippen LogP contribution in [0.5, 0.6) is 0 Å². The Bertz CT molecular complexity index is 531. The van der Waals surface area contributed by atoms with Crippen molar-refractivity contribution in [3.63, 3.8) is 0 Å². The molecule has 0 aliphatic rings. The van der Waals surface area contributed by atoms with Crippen molar-refractivity contribution in [2.45, 2.75) is 0 Å². The van der Waals surface area contributed by atoms with Gasteiger partial charge in [-0.2, -0.15) is 0 Å². The van der Waals surface area contributed by atoms with Gasteiger partial charge in [0, 0.05) is 18.0 Å². The Morgan fingerprint density at radius 3 is 2.62 bits per heavy atom. The number of hydrogen-bond donors (Lipinski definition) is 0. The second kappa shape index (κ2) is 4.01. The van der Waals surface area contributed by atoms with Crippen molar-refractivity contribution < 1.29 is 9.31 Å². The van der Waals surface area contributed by atoms with E-state index in [9.17, 15) is 14.5 Å². The lowest BCUT2D eigenvalue weighted by atomic mass is 10.1. The molecule has 0 N–H and O–H groups in total. The summed E-state index contributed by atoms with van der Waals surface area (Å²) in [6.07, 6.45) is 3.93. The number of halogens is 1. The molecule has 0 aromatic carbocycles. The van der Waals surface area contributed by atoms with E-state index in [2.05, 4.69) is 9.97 Å². The summed E-state index contributed by atoms with van der Waals surface area (Å²) in [5.41, 5.74) is 0.307. The van der Waals surface area contributed by atoms with Gasteiger partial charge in [0.2, 0.25) is 0 Å². The summed E-state index contributed by atoms with van der Waals surface area (Å²) in [5.74, 6) is -0.732. The van der Waals surface area contributed by atoms with Crippen LogP contribution in [0.25, 0.3) is 11.3 Å². The number of aromatic nitrogens is 2. The average molecular weight is 219 g/mol. The van der Waals surface area contributed by atoms with Gasteiger partial charge in [0.25, 0.3) is 5.69 Å². The maximum absolute atomic E-state index is 12.8. The first-order valence-corrected chi connectivity index (χ1v) is 4.39. The molecule has 6 heteroatoms. The molecule has 0 amide bonds. The van der Waals surface area contributed by atoms with Crippen LogP contribution in [0.4, 0.5) is 10.1 Å². The van der Waals surface area contributed by atoms with Crippen LogP contribution in [0.3, 0.4) is 0 Å². The molecule has 2 aromatic heterocycles. The van der Waals surface area contributed by atoms with Gasteiger partial charge < -0.3 is 0 Å². The lowest BCUT2D eigenvalue weighted by Crippen LogP contribution is -1.96. The van der Waals surface area contributed by atoms with Crippen LogP contribution >= 0.6 is 0 Å². The van der Waals surface area contributed by atoms with E-state index in [1.807, 2.05) is 0 Å². The molecule has 2 aromatic rings. The zero-order chi connectivity index (χ0) is 11.5. The summed E-state index contributed by atoms with van der Waals surface area (Å²) in [6.45, 7) is 0. The number of hydrogen-bond acceptors (Lipinski definition) is 4. The number of rotatable bonds is 2. The van der Waals surface area contributed by atoms with Gasteiger partial charge in [-0.25, -0.2) is 9.37 Å². The first kappa shape index (κ1) is 10.2. The van der Waals surface area contributed by atoms with Crippen LogP contribution in [-0.4, -0.2) is 14.9 Å². The van der Waals surface area contributed by atoms with Crippen molar-refractivity contribution in [1.82, 2.24) is 9.97 Å². The van der Waals surface area contributed by atoms with Gasteiger partial charge in [0.15, 0.2) is 0 Å². The fraction of sp³-hybridized carbons (Fsp3) is 0. The molecule has 0 unspecified atom stereocenters. The van der Waals surface area contributed by atoms with E-state index >= 15 is 0 Å². The minimum absolute atomic E-state index is 0.133. The van der Waals surface area contributed by atoms with E-state index in [-0.39, 0.29) is 11.4 Å². The summed E-state index contributed by atoms with van der Waals surface area (Å²) in [4.78, 5) is 17.6. The molecule has 16 heavy (non-hydrogen) atoms. The first-order chi connectivity index (χ1) is 7.68. The number of pyridine rings is 2. The van der Waals surface area contributed by atoms with E-state index in [4.69, 9.17) is 0 Å². The summed E-state index contributed by atoms with van der Waals surface area (Å²) in [6, 6.07) is 4.00. The summed E-state index contributed by atoms with van der Waals surface area (Å²) in [7, 11) is 0. The summed E-state index contributed by atoms with van der Waals surface area (Å²) >= 11 is 0. The van der Waals surface area contributed by atoms with Crippen LogP contribution in [-0.2, 0) is 0 Å². The molecule has 0 atom stereocenters. The Balaban J connectivity index is 2.61. The van der Waals surface area contributed by atoms with Gasteiger partial charge in [-0.15, -0.1) is 0 Å². The van der Waals surface area contributed by atoms with Crippen molar-refractivity contribution >= 4 is 5.69 Å². The fourth-order valence-corrected chi connectivity index (χ4v) is 1.30. The Labute approximate surface area is 89.7 Å². The van der Waals surface area contributed by atoms with Gasteiger partial charge in [-0.1, -0.05) is 0 Å². The van der Waals surface area contributed by atoms with Crippen molar-refractivity contribution in [1.29, 1.82) is 0 Å². The number of nitrogens with zero attached hydrogens (tertiary/aromatic N) is 3. The van der Waals surface area contributed by atoms with Crippen LogP contribution in [0.15, 0.2) is 36.8 Å². The third-order valence-corrected chi connectivity index (χ3v) is 1.98. The van der Waals surface area contributed by atoms with Gasteiger partial charge in [-0.05, 0) is 12.1 Å². The molecule has 5 nitrogen and oxygen atoms in total. The molecule has 0 bridgehead atoms. The highest BCUT2D eigenvalue weighted by molar-refractivity contribution is 5.68. The highest BCUT2D eigenvalue weighted by Crippen LogP contribution is 2.27. The van der Waals surface area contributed by atoms with Crippen LogP contribution in [0.2, 0.25) is 0 Å². The quantitative estimate of drug-likeness (QED) is 0.573. The largest absolute Gasteiger partial charge is 0.298 e. The second-order valence-electron chi connectivity index (χ2n) is 3.01. The number of nitro groups is 1. The molecule has 0 aliphatic heterocycles. The molecule has 0 aliphatic carbocycles. The van der Waals surface area contributed by atoms with Gasteiger partial charge in [0.05, 0.1) is 17.2 Å². The topological polar surface area (TPSA) is 68.9 Å². The molecule has 0 radical (unpaired) electrons. The Hall–Kier alpha value is -2.37. The molecule has 0 spiro atoms. The van der Waals surface area contributed by atoms with E-state index in [1.54, 1.807) is 12.1 Å². The van der Waals surface area contributed by atoms with Crippen molar-refractivity contribution in [3.05, 3.63) is 52.7 Å². The third kappa shape index (κ3) is 1.85. The summed E-state index contributed by atoms with van der Waals surface area (Å²) in [5, 5.41) is 10.7. The molecule has 2 rings (SSSR count). The zero-order valence-corrected chi connectivity index (χ0v) is 8.00. The Kier molecular flexibility index (Phi) is 2.55. The second-order valence-corrected chi connectivity index (χ2v) is 3.01. The van der Waals surface area contributed by atoms with E-state index in [1.165, 1.54) is 12.4 Å². The highest BCUT2D eigenvalue weighted by Gasteiger charge is 2.17. The lowest BCUT2D eigenvalue weighted by molar-refractivity contribution is -0.384. The molecule has 0 saturated carbocycles. The predicted molar refractivity (Wildman–Crippen MR) is 54.1 cm³/mol. The molecule has 0 fully saturated rings. The minimum Gasteiger partial charge on any atom is -0.265 e. The Morgan fingerprint density at radius 1 is 1.31 bits per heavy atom. The summed E-state index contributed by atoms with van der Waals surface area (Å²) < 4.78 is 12.8. The SMILES string of the molecule is O=[N+]([O-])c1cc(F)cnc1-c1ccncc1. The van der Waals surface area contributed by atoms with Crippen LogP contribution in [0.1, 0.15) is 0 Å². The molecule has 80 valence electrons. The first-order valence-electron chi connectivity index (χ1n) is 4.39. The predicted octanol–water partition coefficient (Wildman–Crippen LogP) is 2.19. The van der Waals surface area contributed by atoms with Gasteiger partial charge >= 0.3 is 0 Å². The smallest absolute Gasteiger partial charge is 0.265 e. The normalized spacial score (nSPS) is 10.1. The van der Waals surface area contributed by atoms with Gasteiger partial charge in [-0.3, -0.25) is 15.1 Å². The van der Waals surface area contributed by atoms with Crippen LogP contribution in [0, 0.1) is 15.9 Å². The molecular weight excluding hydrogens is 213 g/mol. The zero-order valence-electron chi connectivity index (χ0n) is 8.00. The van der Waals surface area contributed by atoms with E-state index in [0.29, 0.717) is 5.56 Å². The van der Waals surface area contributed by atoms with Crippen LogP contribution < -0.4 is 0 Å². The average Bonchev–Trinajstić information content (AvgIpc) is 2.30. The molecule has 2 heterocycles. The molecular formula is C10H6FN3O2. The lowest BCUT2D eigenvalue weighted by Gasteiger charge is -2.01. The highest BCUT2D eigenvalue weighted by atomic mass is 19.1. The van der Waals surface area contributed by atoms with Crippen molar-refractivity contribution in [2.75, 3.05) is 0 Å². The van der Waals surface area contributed by atoms with Crippen molar-refractivity contribution in [2.24, 2.45) is 0 Å². The third-order valence-electron chi connectivity index (χ3n) is 1.98. The van der Waals surface area contributed by atoms with E-state index < -0.39 is 10.7 Å². The minimum atomic E-state index is -0.732. The van der Waals surface area contributed by atoms with Crippen molar-refractivity contribution in [3.8, 4) is 11.3 Å². The monoisotopic (exact) mass is 219 g/mol. The Morgan fingerprint density at radius 2 is 2.00 bits per heavy atom. The molecule has 0 saturated heterocycles.